The summed E-state index contributed by atoms with van der Waals surface area (Å²) < 4.78 is 16.2. The molecule has 1 amide bonds. The molecule has 148 valence electrons. The van der Waals surface area contributed by atoms with E-state index < -0.39 is 0 Å². The fraction of sp³-hybridized carbons (Fsp3) is 0.130. The van der Waals surface area contributed by atoms with Gasteiger partial charge in [-0.25, -0.2) is 5.43 Å². The van der Waals surface area contributed by atoms with Crippen molar-refractivity contribution in [2.45, 2.75) is 0 Å². The second kappa shape index (κ2) is 9.94. The minimum Gasteiger partial charge on any atom is -0.497 e. The molecule has 0 unspecified atom stereocenters. The molecule has 0 fully saturated rings. The second-order valence-corrected chi connectivity index (χ2v) is 6.05. The van der Waals surface area contributed by atoms with Gasteiger partial charge in [0.1, 0.15) is 17.2 Å². The van der Waals surface area contributed by atoms with Crippen LogP contribution in [-0.2, 0) is 4.79 Å². The Hall–Kier alpha value is -3.80. The second-order valence-electron chi connectivity index (χ2n) is 6.05. The number of methoxy groups -OCH3 is 2. The summed E-state index contributed by atoms with van der Waals surface area (Å²) in [5.41, 5.74) is 5.08. The SMILES string of the molecule is COc1ccc(OC)c(/C=N/NC(=O)COc2ccccc2-c2ccccc2)c1. The Morgan fingerprint density at radius 2 is 1.69 bits per heavy atom. The van der Waals surface area contributed by atoms with Gasteiger partial charge in [0.05, 0.1) is 20.4 Å². The van der Waals surface area contributed by atoms with Gasteiger partial charge in [0, 0.05) is 11.1 Å². The van der Waals surface area contributed by atoms with Gasteiger partial charge < -0.3 is 14.2 Å². The van der Waals surface area contributed by atoms with Gasteiger partial charge in [-0.3, -0.25) is 4.79 Å². The molecule has 1 N–H and O–H groups in total. The minimum absolute atomic E-state index is 0.156. The topological polar surface area (TPSA) is 69.2 Å². The van der Waals surface area contributed by atoms with Crippen LogP contribution in [0.1, 0.15) is 5.56 Å². The quantitative estimate of drug-likeness (QED) is 0.468. The molecule has 0 radical (unpaired) electrons. The summed E-state index contributed by atoms with van der Waals surface area (Å²) in [6, 6.07) is 22.8. The molecule has 0 saturated heterocycles. The van der Waals surface area contributed by atoms with E-state index in [0.717, 1.165) is 11.1 Å². The van der Waals surface area contributed by atoms with Gasteiger partial charge in [-0.15, -0.1) is 0 Å². The number of ether oxygens (including phenoxy) is 3. The zero-order valence-electron chi connectivity index (χ0n) is 16.3. The Labute approximate surface area is 169 Å². The van der Waals surface area contributed by atoms with E-state index in [1.165, 1.54) is 6.21 Å². The summed E-state index contributed by atoms with van der Waals surface area (Å²) in [5, 5.41) is 3.98. The highest BCUT2D eigenvalue weighted by atomic mass is 16.5. The number of rotatable bonds is 8. The van der Waals surface area contributed by atoms with Crippen molar-refractivity contribution in [1.82, 2.24) is 5.43 Å². The van der Waals surface area contributed by atoms with E-state index in [9.17, 15) is 4.79 Å². The lowest BCUT2D eigenvalue weighted by molar-refractivity contribution is -0.123. The lowest BCUT2D eigenvalue weighted by atomic mass is 10.1. The summed E-state index contributed by atoms with van der Waals surface area (Å²) in [6.07, 6.45) is 1.50. The first-order chi connectivity index (χ1) is 14.2. The Bertz CT molecular complexity index is 987. The highest BCUT2D eigenvalue weighted by molar-refractivity contribution is 5.86. The third-order valence-corrected chi connectivity index (χ3v) is 4.16. The summed E-state index contributed by atoms with van der Waals surface area (Å²) in [4.78, 5) is 12.1. The van der Waals surface area contributed by atoms with Gasteiger partial charge in [-0.2, -0.15) is 5.10 Å². The van der Waals surface area contributed by atoms with Crippen LogP contribution in [0.4, 0.5) is 0 Å². The van der Waals surface area contributed by atoms with Crippen LogP contribution in [0.5, 0.6) is 17.2 Å². The molecule has 0 bridgehead atoms. The number of hydrazone groups is 1. The minimum atomic E-state index is -0.369. The zero-order chi connectivity index (χ0) is 20.5. The van der Waals surface area contributed by atoms with Crippen molar-refractivity contribution in [3.63, 3.8) is 0 Å². The molecule has 0 aliphatic rings. The average molecular weight is 390 g/mol. The lowest BCUT2D eigenvalue weighted by Crippen LogP contribution is -2.24. The van der Waals surface area contributed by atoms with Crippen LogP contribution in [0, 0.1) is 0 Å². The molecular formula is C23H22N2O4. The van der Waals surface area contributed by atoms with Gasteiger partial charge in [0.2, 0.25) is 0 Å². The van der Waals surface area contributed by atoms with Crippen LogP contribution >= 0.6 is 0 Å². The van der Waals surface area contributed by atoms with Crippen molar-refractivity contribution in [1.29, 1.82) is 0 Å². The van der Waals surface area contributed by atoms with Gasteiger partial charge >= 0.3 is 0 Å². The molecule has 0 aliphatic carbocycles. The highest BCUT2D eigenvalue weighted by Gasteiger charge is 2.08. The Morgan fingerprint density at radius 1 is 0.931 bits per heavy atom. The highest BCUT2D eigenvalue weighted by Crippen LogP contribution is 2.29. The lowest BCUT2D eigenvalue weighted by Gasteiger charge is -2.11. The van der Waals surface area contributed by atoms with E-state index in [1.807, 2.05) is 54.6 Å². The van der Waals surface area contributed by atoms with Gasteiger partial charge in [-0.1, -0.05) is 48.5 Å². The van der Waals surface area contributed by atoms with E-state index in [2.05, 4.69) is 10.5 Å². The predicted molar refractivity (Wildman–Crippen MR) is 113 cm³/mol. The van der Waals surface area contributed by atoms with Gasteiger partial charge in [-0.05, 0) is 29.8 Å². The number of carbonyl (C=O) groups excluding carboxylic acids is 1. The standard InChI is InChI=1S/C23H22N2O4/c1-27-19-12-13-21(28-2)18(14-19)15-24-25-23(26)16-29-22-11-7-6-10-20(22)17-8-4-3-5-9-17/h3-15H,16H2,1-2H3,(H,25,26)/b24-15+. The Kier molecular flexibility index (Phi) is 6.84. The maximum absolute atomic E-state index is 12.1. The van der Waals surface area contributed by atoms with Crippen molar-refractivity contribution >= 4 is 12.1 Å². The molecule has 0 saturated carbocycles. The van der Waals surface area contributed by atoms with Crippen molar-refractivity contribution < 1.29 is 19.0 Å². The smallest absolute Gasteiger partial charge is 0.277 e. The molecule has 3 rings (SSSR count). The molecule has 3 aromatic carbocycles. The van der Waals surface area contributed by atoms with Crippen molar-refractivity contribution in [2.75, 3.05) is 20.8 Å². The van der Waals surface area contributed by atoms with Gasteiger partial charge in [0.15, 0.2) is 6.61 Å². The van der Waals surface area contributed by atoms with E-state index in [4.69, 9.17) is 14.2 Å². The Morgan fingerprint density at radius 3 is 2.45 bits per heavy atom. The first-order valence-electron chi connectivity index (χ1n) is 9.02. The van der Waals surface area contributed by atoms with Crippen molar-refractivity contribution in [3.05, 3.63) is 78.4 Å². The predicted octanol–water partition coefficient (Wildman–Crippen LogP) is 3.90. The number of benzene rings is 3. The molecule has 6 heteroatoms. The van der Waals surface area contributed by atoms with Crippen LogP contribution in [0.25, 0.3) is 11.1 Å². The first kappa shape index (κ1) is 19.9. The maximum atomic E-state index is 12.1. The molecule has 0 aliphatic heterocycles. The summed E-state index contributed by atoms with van der Waals surface area (Å²) in [6.45, 7) is -0.156. The van der Waals surface area contributed by atoms with Crippen LogP contribution < -0.4 is 19.6 Å². The molecular weight excluding hydrogens is 368 g/mol. The third kappa shape index (κ3) is 5.35. The molecule has 0 aromatic heterocycles. The van der Waals surface area contributed by atoms with Crippen molar-refractivity contribution in [3.8, 4) is 28.4 Å². The number of hydrogen-bond acceptors (Lipinski definition) is 5. The number of hydrogen-bond donors (Lipinski definition) is 1. The monoisotopic (exact) mass is 390 g/mol. The normalized spacial score (nSPS) is 10.6. The molecule has 6 nitrogen and oxygen atoms in total. The number of amides is 1. The molecule has 29 heavy (non-hydrogen) atoms. The van der Waals surface area contributed by atoms with Crippen LogP contribution in [-0.4, -0.2) is 32.9 Å². The average Bonchev–Trinajstić information content (AvgIpc) is 2.78. The number of nitrogens with zero attached hydrogens (tertiary/aromatic N) is 1. The fourth-order valence-electron chi connectivity index (χ4n) is 2.74. The molecule has 3 aromatic rings. The summed E-state index contributed by atoms with van der Waals surface area (Å²) in [5.74, 6) is 1.55. The fourth-order valence-corrected chi connectivity index (χ4v) is 2.74. The van der Waals surface area contributed by atoms with Crippen molar-refractivity contribution in [2.24, 2.45) is 5.10 Å². The largest absolute Gasteiger partial charge is 0.497 e. The third-order valence-electron chi connectivity index (χ3n) is 4.16. The van der Waals surface area contributed by atoms with Crippen LogP contribution in [0.15, 0.2) is 77.9 Å². The first-order valence-corrected chi connectivity index (χ1v) is 9.02. The van der Waals surface area contributed by atoms with Crippen LogP contribution in [0.3, 0.4) is 0 Å². The Balaban J connectivity index is 1.61. The molecule has 0 heterocycles. The number of para-hydroxylation sites is 1. The van der Waals surface area contributed by atoms with Crippen LogP contribution in [0.2, 0.25) is 0 Å². The van der Waals surface area contributed by atoms with E-state index in [1.54, 1.807) is 32.4 Å². The zero-order valence-corrected chi connectivity index (χ0v) is 16.3. The summed E-state index contributed by atoms with van der Waals surface area (Å²) in [7, 11) is 3.14. The molecule has 0 spiro atoms. The van der Waals surface area contributed by atoms with E-state index >= 15 is 0 Å². The summed E-state index contributed by atoms with van der Waals surface area (Å²) >= 11 is 0. The number of nitrogens with one attached hydrogen (secondary N) is 1. The van der Waals surface area contributed by atoms with E-state index in [0.29, 0.717) is 22.8 Å². The van der Waals surface area contributed by atoms with E-state index in [-0.39, 0.29) is 12.5 Å². The van der Waals surface area contributed by atoms with Gasteiger partial charge in [0.25, 0.3) is 5.91 Å². The maximum Gasteiger partial charge on any atom is 0.277 e. The number of carbonyl (C=O) groups is 1. The molecule has 0 atom stereocenters.